The van der Waals surface area contributed by atoms with Crippen molar-refractivity contribution in [3.05, 3.63) is 376 Å². The summed E-state index contributed by atoms with van der Waals surface area (Å²) in [4.78, 5) is 32.1. The van der Waals surface area contributed by atoms with E-state index < -0.39 is 0 Å². The number of thiophene rings is 4. The predicted octanol–water partition coefficient (Wildman–Crippen LogP) is 28.6. The van der Waals surface area contributed by atoms with Gasteiger partial charge in [0.25, 0.3) is 0 Å². The van der Waals surface area contributed by atoms with Gasteiger partial charge in [0, 0.05) is 101 Å². The van der Waals surface area contributed by atoms with E-state index in [1.165, 1.54) is 137 Å². The zero-order chi connectivity index (χ0) is 75.2. The first-order valence-electron chi connectivity index (χ1n) is 37.9. The number of nitrogens with zero attached hydrogens (tertiary/aromatic N) is 8. The van der Waals surface area contributed by atoms with Gasteiger partial charge in [-0.3, -0.25) is 0 Å². The zero-order valence-electron chi connectivity index (χ0n) is 61.0. The van der Waals surface area contributed by atoms with Crippen LogP contribution in [0.5, 0.6) is 0 Å². The van der Waals surface area contributed by atoms with Gasteiger partial charge >= 0.3 is 0 Å². The Bertz CT molecular complexity index is 7460. The van der Waals surface area contributed by atoms with Gasteiger partial charge in [0.2, 0.25) is 0 Å². The van der Waals surface area contributed by atoms with Crippen molar-refractivity contribution in [2.45, 2.75) is 0 Å². The van der Waals surface area contributed by atoms with Crippen LogP contribution >= 0.6 is 45.3 Å². The normalized spacial score (nSPS) is 11.7. The van der Waals surface area contributed by atoms with Gasteiger partial charge in [-0.25, -0.2) is 29.9 Å². The monoisotopic (exact) mass is 1530 g/mol. The Morgan fingerprint density at radius 2 is 0.535 bits per heavy atom. The summed E-state index contributed by atoms with van der Waals surface area (Å²) in [5.74, 6) is 4.04. The highest BCUT2D eigenvalue weighted by atomic mass is 32.1. The SMILES string of the molecule is c1ccc(-c2ccc3c(c2)c2c(-c4cc5cc6sc(-c7nc(-c8ccccc8)nc(-c8ccccc8)n7)cc6cc5s4)cccc2n3-c2ccccc2)cc1.c1ccc(-c2ccc3c(c2)c2c(-c4ccc5c(c4)sc4c6ccc(-c7nc(-c8ccccc8)nc(-c8ccccc8)n7)cc6sc54)cccc2n3-c2ccccc2)cc1. The Hall–Kier alpha value is -14.0. The lowest BCUT2D eigenvalue weighted by Gasteiger charge is -2.09. The van der Waals surface area contributed by atoms with Crippen molar-refractivity contribution in [1.82, 2.24) is 39.0 Å². The molecule has 0 aliphatic carbocycles. The van der Waals surface area contributed by atoms with Crippen LogP contribution in [0.1, 0.15) is 0 Å². The van der Waals surface area contributed by atoms with Crippen LogP contribution in [0.15, 0.2) is 376 Å². The molecular formula is C102H62N8S4. The molecule has 8 nitrogen and oxygen atoms in total. The maximum absolute atomic E-state index is 5.00. The summed E-state index contributed by atoms with van der Waals surface area (Å²) in [6.45, 7) is 0. The molecule has 0 fully saturated rings. The quantitative estimate of drug-likeness (QED) is 0.121. The van der Waals surface area contributed by atoms with Gasteiger partial charge in [0.15, 0.2) is 34.9 Å². The van der Waals surface area contributed by atoms with Crippen LogP contribution in [0, 0.1) is 0 Å². The topological polar surface area (TPSA) is 87.2 Å². The van der Waals surface area contributed by atoms with Crippen LogP contribution in [0.25, 0.3) is 216 Å². The minimum absolute atomic E-state index is 0.667. The van der Waals surface area contributed by atoms with Crippen LogP contribution < -0.4 is 0 Å². The molecule has 0 radical (unpaired) electrons. The van der Waals surface area contributed by atoms with Crippen molar-refractivity contribution in [2.75, 3.05) is 0 Å². The average molecular weight is 1530 g/mol. The molecule has 23 aromatic rings. The first kappa shape index (κ1) is 67.0. The third-order valence-electron chi connectivity index (χ3n) is 21.5. The lowest BCUT2D eigenvalue weighted by molar-refractivity contribution is 1.07. The molecule has 0 spiro atoms. The molecule has 0 aliphatic rings. The molecule has 0 amide bonds. The van der Waals surface area contributed by atoms with E-state index in [9.17, 15) is 0 Å². The van der Waals surface area contributed by atoms with Crippen molar-refractivity contribution in [3.63, 3.8) is 0 Å². The van der Waals surface area contributed by atoms with E-state index >= 15 is 0 Å². The Kier molecular flexibility index (Phi) is 16.5. The maximum Gasteiger partial charge on any atom is 0.174 e. The molecule has 0 saturated heterocycles. The lowest BCUT2D eigenvalue weighted by atomic mass is 9.97. The zero-order valence-corrected chi connectivity index (χ0v) is 64.3. The number of aromatic nitrogens is 8. The summed E-state index contributed by atoms with van der Waals surface area (Å²) in [6, 6.07) is 134. The first-order chi connectivity index (χ1) is 56.5. The highest BCUT2D eigenvalue weighted by molar-refractivity contribution is 7.36. The maximum atomic E-state index is 5.00. The molecule has 0 unspecified atom stereocenters. The van der Waals surface area contributed by atoms with E-state index in [1.807, 2.05) is 155 Å². The van der Waals surface area contributed by atoms with E-state index in [-0.39, 0.29) is 0 Å². The van der Waals surface area contributed by atoms with Crippen LogP contribution in [0.2, 0.25) is 0 Å². The molecule has 534 valence electrons. The van der Waals surface area contributed by atoms with Crippen molar-refractivity contribution >= 4 is 139 Å². The van der Waals surface area contributed by atoms with Crippen molar-refractivity contribution in [1.29, 1.82) is 0 Å². The molecule has 23 rings (SSSR count). The lowest BCUT2D eigenvalue weighted by Crippen LogP contribution is -1.99. The summed E-state index contributed by atoms with van der Waals surface area (Å²) in [6.07, 6.45) is 0. The van der Waals surface area contributed by atoms with Gasteiger partial charge in [-0.15, -0.1) is 45.3 Å². The second kappa shape index (κ2) is 28.1. The van der Waals surface area contributed by atoms with E-state index in [0.717, 1.165) is 44.1 Å². The standard InChI is InChI=1S/C53H32N4S2.C49H30N4S2/c1-5-14-33(15-6-1)36-26-29-44-43(30-36)48-40(22-13-23-45(48)57(44)39-20-11-4-12-21-39)37-24-27-41-46(31-37)58-50-42-28-25-38(32-47(42)59-49(41)50)53-55-51(34-16-7-2-8-17-34)54-52(56-53)35-18-9-3-10-19-35;1-5-14-31(15-6-1)34-24-25-40-39(26-34)46-38(22-13-23-41(46)53(40)37-20-11-4-12-21-37)44-29-35-27-43-36(28-42(35)54-44)30-45(55-43)49-51-47(32-16-7-2-8-17-32)50-48(52-49)33-18-9-3-10-19-33/h1-32H;1-30H. The van der Waals surface area contributed by atoms with Gasteiger partial charge in [0.05, 0.1) is 36.3 Å². The molecule has 0 saturated carbocycles. The van der Waals surface area contributed by atoms with Crippen LogP contribution in [0.4, 0.5) is 0 Å². The van der Waals surface area contributed by atoms with Crippen LogP contribution in [-0.2, 0) is 0 Å². The number of fused-ring (bicyclic) bond motifs is 13. The summed E-state index contributed by atoms with van der Waals surface area (Å²) >= 11 is 7.32. The molecule has 0 bridgehead atoms. The summed E-state index contributed by atoms with van der Waals surface area (Å²) in [5.41, 5.74) is 20.5. The third kappa shape index (κ3) is 11.9. The Labute approximate surface area is 671 Å². The highest BCUT2D eigenvalue weighted by Crippen LogP contribution is 2.50. The minimum Gasteiger partial charge on any atom is -0.309 e. The van der Waals surface area contributed by atoms with Crippen LogP contribution in [-0.4, -0.2) is 39.0 Å². The number of para-hydroxylation sites is 2. The molecule has 12 heteroatoms. The second-order valence-electron chi connectivity index (χ2n) is 28.4. The van der Waals surface area contributed by atoms with Crippen molar-refractivity contribution < 1.29 is 0 Å². The predicted molar refractivity (Wildman–Crippen MR) is 482 cm³/mol. The largest absolute Gasteiger partial charge is 0.309 e. The third-order valence-corrected chi connectivity index (χ3v) is 26.2. The van der Waals surface area contributed by atoms with Crippen LogP contribution in [0.3, 0.4) is 0 Å². The molecule has 0 atom stereocenters. The molecule has 8 heterocycles. The molecular weight excluding hydrogens is 1470 g/mol. The first-order valence-corrected chi connectivity index (χ1v) is 41.2. The molecule has 15 aromatic carbocycles. The number of hydrogen-bond donors (Lipinski definition) is 0. The smallest absolute Gasteiger partial charge is 0.174 e. The Morgan fingerprint density at radius 3 is 0.974 bits per heavy atom. The summed E-state index contributed by atoms with van der Waals surface area (Å²) in [5, 5.41) is 10.0. The average Bonchev–Trinajstić information content (AvgIpc) is 1.58. The molecule has 114 heavy (non-hydrogen) atoms. The van der Waals surface area contributed by atoms with E-state index in [2.05, 4.69) is 264 Å². The fourth-order valence-electron chi connectivity index (χ4n) is 16.2. The van der Waals surface area contributed by atoms with Gasteiger partial charge in [-0.05, 0) is 141 Å². The molecule has 0 N–H and O–H groups in total. The fourth-order valence-corrected chi connectivity index (χ4v) is 21.0. The van der Waals surface area contributed by atoms with Crippen molar-refractivity contribution in [3.8, 4) is 123 Å². The fraction of sp³-hybridized carbons (Fsp3) is 0. The number of hydrogen-bond acceptors (Lipinski definition) is 10. The van der Waals surface area contributed by atoms with Crippen molar-refractivity contribution in [2.24, 2.45) is 0 Å². The minimum atomic E-state index is 0.667. The van der Waals surface area contributed by atoms with E-state index in [0.29, 0.717) is 34.9 Å². The van der Waals surface area contributed by atoms with Gasteiger partial charge in [-0.1, -0.05) is 279 Å². The van der Waals surface area contributed by atoms with E-state index in [4.69, 9.17) is 29.9 Å². The highest BCUT2D eigenvalue weighted by Gasteiger charge is 2.24. The van der Waals surface area contributed by atoms with E-state index in [1.54, 1.807) is 11.3 Å². The van der Waals surface area contributed by atoms with Gasteiger partial charge < -0.3 is 9.13 Å². The number of rotatable bonds is 12. The Balaban J connectivity index is 0.000000139. The summed E-state index contributed by atoms with van der Waals surface area (Å²) in [7, 11) is 0. The van der Waals surface area contributed by atoms with Gasteiger partial charge in [0.1, 0.15) is 0 Å². The molecule has 8 aromatic heterocycles. The summed E-state index contributed by atoms with van der Waals surface area (Å²) < 4.78 is 12.4. The Morgan fingerprint density at radius 1 is 0.193 bits per heavy atom. The number of benzene rings is 15. The second-order valence-corrected chi connectivity index (χ2v) is 32.7. The van der Waals surface area contributed by atoms with Gasteiger partial charge in [-0.2, -0.15) is 0 Å². The molecule has 0 aliphatic heterocycles.